The van der Waals surface area contributed by atoms with E-state index in [0.29, 0.717) is 22.4 Å². The SMILES string of the molecule is O=C([C@@H]1COc2ccccc2O1)N(Cc1ccco1)c1nc2ccccc2s1. The molecule has 2 aromatic carbocycles. The zero-order valence-corrected chi connectivity index (χ0v) is 15.6. The molecule has 0 N–H and O–H groups in total. The monoisotopic (exact) mass is 392 g/mol. The lowest BCUT2D eigenvalue weighted by Gasteiger charge is -2.29. The summed E-state index contributed by atoms with van der Waals surface area (Å²) in [6.45, 7) is 0.419. The number of thiazole rings is 1. The van der Waals surface area contributed by atoms with E-state index in [9.17, 15) is 4.79 Å². The Kier molecular flexibility index (Phi) is 4.21. The Bertz CT molecular complexity index is 1090. The number of furan rings is 1. The van der Waals surface area contributed by atoms with Crippen LogP contribution in [-0.2, 0) is 11.3 Å². The molecule has 140 valence electrons. The zero-order valence-electron chi connectivity index (χ0n) is 14.8. The first kappa shape index (κ1) is 16.8. The first-order chi connectivity index (χ1) is 13.8. The fraction of sp³-hybridized carbons (Fsp3) is 0.143. The average Bonchev–Trinajstić information content (AvgIpc) is 3.40. The lowest BCUT2D eigenvalue weighted by atomic mass is 10.2. The van der Waals surface area contributed by atoms with Gasteiger partial charge in [0.15, 0.2) is 16.6 Å². The molecule has 1 aliphatic heterocycles. The van der Waals surface area contributed by atoms with E-state index in [1.54, 1.807) is 23.3 Å². The van der Waals surface area contributed by atoms with Gasteiger partial charge < -0.3 is 13.9 Å². The van der Waals surface area contributed by atoms with E-state index in [1.165, 1.54) is 11.3 Å². The molecule has 0 unspecified atom stereocenters. The summed E-state index contributed by atoms with van der Waals surface area (Å²) in [6, 6.07) is 18.8. The topological polar surface area (TPSA) is 64.8 Å². The molecule has 4 aromatic rings. The van der Waals surface area contributed by atoms with Crippen molar-refractivity contribution >= 4 is 32.6 Å². The molecule has 0 saturated carbocycles. The molecular formula is C21H16N2O4S. The fourth-order valence-electron chi connectivity index (χ4n) is 3.09. The highest BCUT2D eigenvalue weighted by molar-refractivity contribution is 7.22. The molecule has 1 aliphatic rings. The van der Waals surface area contributed by atoms with Crippen LogP contribution >= 0.6 is 11.3 Å². The van der Waals surface area contributed by atoms with Gasteiger partial charge in [-0.05, 0) is 36.4 Å². The molecule has 28 heavy (non-hydrogen) atoms. The number of carbonyl (C=O) groups excluding carboxylic acids is 1. The molecule has 1 atom stereocenters. The average molecular weight is 392 g/mol. The van der Waals surface area contributed by atoms with Crippen molar-refractivity contribution < 1.29 is 18.7 Å². The summed E-state index contributed by atoms with van der Waals surface area (Å²) in [6.07, 6.45) is 0.837. The molecule has 0 radical (unpaired) electrons. The van der Waals surface area contributed by atoms with Crippen molar-refractivity contribution in [2.45, 2.75) is 12.6 Å². The van der Waals surface area contributed by atoms with Crippen molar-refractivity contribution in [2.75, 3.05) is 11.5 Å². The number of hydrogen-bond donors (Lipinski definition) is 0. The molecular weight excluding hydrogens is 376 g/mol. The van der Waals surface area contributed by atoms with Gasteiger partial charge in [-0.25, -0.2) is 4.98 Å². The Hall–Kier alpha value is -3.32. The Labute approximate surface area is 164 Å². The minimum atomic E-state index is -0.753. The van der Waals surface area contributed by atoms with Crippen LogP contribution in [0.3, 0.4) is 0 Å². The second-order valence-corrected chi connectivity index (χ2v) is 7.34. The third-order valence-electron chi connectivity index (χ3n) is 4.46. The molecule has 7 heteroatoms. The van der Waals surface area contributed by atoms with Crippen LogP contribution in [0.2, 0.25) is 0 Å². The number of rotatable bonds is 4. The van der Waals surface area contributed by atoms with E-state index in [2.05, 4.69) is 4.98 Å². The maximum atomic E-state index is 13.4. The molecule has 0 bridgehead atoms. The number of hydrogen-bond acceptors (Lipinski definition) is 6. The van der Waals surface area contributed by atoms with E-state index < -0.39 is 6.10 Å². The highest BCUT2D eigenvalue weighted by atomic mass is 32.1. The van der Waals surface area contributed by atoms with Gasteiger partial charge in [0.05, 0.1) is 23.0 Å². The molecule has 1 amide bonds. The number of benzene rings is 2. The number of carbonyl (C=O) groups is 1. The van der Waals surface area contributed by atoms with Crippen LogP contribution in [0, 0.1) is 0 Å². The number of amides is 1. The summed E-state index contributed by atoms with van der Waals surface area (Å²) in [5.41, 5.74) is 0.853. The van der Waals surface area contributed by atoms with Crippen LogP contribution in [-0.4, -0.2) is 23.6 Å². The predicted molar refractivity (Wildman–Crippen MR) is 106 cm³/mol. The zero-order chi connectivity index (χ0) is 18.9. The van der Waals surface area contributed by atoms with Gasteiger partial charge >= 0.3 is 0 Å². The highest BCUT2D eigenvalue weighted by Gasteiger charge is 2.33. The number of nitrogens with zero attached hydrogens (tertiary/aromatic N) is 2. The van der Waals surface area contributed by atoms with Crippen molar-refractivity contribution in [3.8, 4) is 11.5 Å². The second kappa shape index (κ2) is 7.01. The molecule has 3 heterocycles. The maximum absolute atomic E-state index is 13.4. The van der Waals surface area contributed by atoms with Gasteiger partial charge in [0, 0.05) is 0 Å². The molecule has 0 aliphatic carbocycles. The maximum Gasteiger partial charge on any atom is 0.273 e. The van der Waals surface area contributed by atoms with Gasteiger partial charge in [0.2, 0.25) is 6.10 Å². The van der Waals surface area contributed by atoms with Gasteiger partial charge in [-0.15, -0.1) is 0 Å². The molecule has 0 spiro atoms. The Morgan fingerprint density at radius 2 is 1.89 bits per heavy atom. The van der Waals surface area contributed by atoms with E-state index in [1.807, 2.05) is 48.5 Å². The first-order valence-electron chi connectivity index (χ1n) is 8.86. The number of ether oxygens (including phenoxy) is 2. The van der Waals surface area contributed by atoms with Crippen molar-refractivity contribution in [3.63, 3.8) is 0 Å². The van der Waals surface area contributed by atoms with Gasteiger partial charge in [0.1, 0.15) is 12.4 Å². The molecule has 2 aromatic heterocycles. The fourth-order valence-corrected chi connectivity index (χ4v) is 4.06. The van der Waals surface area contributed by atoms with Crippen molar-refractivity contribution in [1.29, 1.82) is 0 Å². The molecule has 5 rings (SSSR count). The quantitative estimate of drug-likeness (QED) is 0.519. The predicted octanol–water partition coefficient (Wildman–Crippen LogP) is 4.26. The summed E-state index contributed by atoms with van der Waals surface area (Å²) < 4.78 is 18.1. The van der Waals surface area contributed by atoms with E-state index in [0.717, 1.165) is 10.2 Å². The third kappa shape index (κ3) is 3.10. The lowest BCUT2D eigenvalue weighted by Crippen LogP contribution is -2.46. The first-order valence-corrected chi connectivity index (χ1v) is 9.67. The summed E-state index contributed by atoms with van der Waals surface area (Å²) in [7, 11) is 0. The lowest BCUT2D eigenvalue weighted by molar-refractivity contribution is -0.127. The minimum Gasteiger partial charge on any atom is -0.485 e. The Morgan fingerprint density at radius 3 is 2.71 bits per heavy atom. The molecule has 6 nitrogen and oxygen atoms in total. The second-order valence-electron chi connectivity index (χ2n) is 6.33. The summed E-state index contributed by atoms with van der Waals surface area (Å²) >= 11 is 1.46. The van der Waals surface area contributed by atoms with E-state index in [-0.39, 0.29) is 19.1 Å². The van der Waals surface area contributed by atoms with Gasteiger partial charge in [0.25, 0.3) is 5.91 Å². The van der Waals surface area contributed by atoms with Crippen LogP contribution < -0.4 is 14.4 Å². The van der Waals surface area contributed by atoms with Crippen LogP contribution in [0.1, 0.15) is 5.76 Å². The van der Waals surface area contributed by atoms with Crippen molar-refractivity contribution in [2.24, 2.45) is 0 Å². The third-order valence-corrected chi connectivity index (χ3v) is 5.52. The largest absolute Gasteiger partial charge is 0.485 e. The number of anilines is 1. The highest BCUT2D eigenvalue weighted by Crippen LogP contribution is 2.34. The van der Waals surface area contributed by atoms with Crippen LogP contribution in [0.15, 0.2) is 71.3 Å². The Balaban J connectivity index is 1.48. The number of aromatic nitrogens is 1. The van der Waals surface area contributed by atoms with Crippen LogP contribution in [0.4, 0.5) is 5.13 Å². The molecule has 0 fully saturated rings. The van der Waals surface area contributed by atoms with Crippen LogP contribution in [0.5, 0.6) is 11.5 Å². The van der Waals surface area contributed by atoms with Crippen molar-refractivity contribution in [1.82, 2.24) is 4.98 Å². The normalized spacial score (nSPS) is 15.5. The Morgan fingerprint density at radius 1 is 1.07 bits per heavy atom. The standard InChI is InChI=1S/C21H16N2O4S/c24-20(18-13-26-16-8-2-3-9-17(16)27-18)23(12-14-6-5-11-25-14)21-22-15-7-1-4-10-19(15)28-21/h1-11,18H,12-13H2/t18-/m0/s1. The van der Waals surface area contributed by atoms with Gasteiger partial charge in [-0.2, -0.15) is 0 Å². The number of para-hydroxylation sites is 3. The van der Waals surface area contributed by atoms with E-state index in [4.69, 9.17) is 13.9 Å². The van der Waals surface area contributed by atoms with Crippen LogP contribution in [0.25, 0.3) is 10.2 Å². The van der Waals surface area contributed by atoms with Gasteiger partial charge in [-0.3, -0.25) is 9.69 Å². The molecule has 0 saturated heterocycles. The van der Waals surface area contributed by atoms with Gasteiger partial charge in [-0.1, -0.05) is 35.6 Å². The minimum absolute atomic E-state index is 0.148. The summed E-state index contributed by atoms with van der Waals surface area (Å²) in [5, 5.41) is 0.602. The smallest absolute Gasteiger partial charge is 0.273 e. The summed E-state index contributed by atoms with van der Waals surface area (Å²) in [4.78, 5) is 19.6. The summed E-state index contributed by atoms with van der Waals surface area (Å²) in [5.74, 6) is 1.66. The number of fused-ring (bicyclic) bond motifs is 2. The van der Waals surface area contributed by atoms with Crippen molar-refractivity contribution in [3.05, 3.63) is 72.7 Å². The van der Waals surface area contributed by atoms with E-state index >= 15 is 0 Å².